The second-order valence-corrected chi connectivity index (χ2v) is 10.7. The number of nitrogens with one attached hydrogen (secondary N) is 1. The highest BCUT2D eigenvalue weighted by Gasteiger charge is 2.44. The molecule has 0 bridgehead atoms. The minimum absolute atomic E-state index is 0.144. The Morgan fingerprint density at radius 3 is 1.97 bits per heavy atom. The summed E-state index contributed by atoms with van der Waals surface area (Å²) in [5, 5.41) is 2.71. The zero-order valence-electron chi connectivity index (χ0n) is 23.2. The van der Waals surface area contributed by atoms with Crippen LogP contribution in [0.2, 0.25) is 0 Å². The maximum Gasteiger partial charge on any atom is 0.420 e. The fourth-order valence-electron chi connectivity index (χ4n) is 3.31. The molecule has 206 valence electrons. The van der Waals surface area contributed by atoms with Gasteiger partial charge in [0.1, 0.15) is 23.9 Å². The molecular weight excluding hydrogens is 480 g/mol. The SMILES string of the molecule is C/C=C/[C@](C)(C[C@@H](C(=O)OC)N(C(=O)OCc1ccccc1)C(=O)OC(C)(C)C)NC(=O)OC(C)(C)C. The third kappa shape index (κ3) is 11.4. The molecule has 37 heavy (non-hydrogen) atoms. The van der Waals surface area contributed by atoms with Gasteiger partial charge in [-0.15, -0.1) is 0 Å². The number of amides is 3. The van der Waals surface area contributed by atoms with Crippen molar-refractivity contribution >= 4 is 24.2 Å². The molecule has 1 rings (SSSR count). The van der Waals surface area contributed by atoms with Crippen LogP contribution < -0.4 is 5.32 Å². The summed E-state index contributed by atoms with van der Waals surface area (Å²) in [5.74, 6) is -0.899. The molecule has 1 aromatic rings. The van der Waals surface area contributed by atoms with E-state index in [-0.39, 0.29) is 13.0 Å². The van der Waals surface area contributed by atoms with Gasteiger partial charge in [-0.3, -0.25) is 0 Å². The van der Waals surface area contributed by atoms with E-state index in [2.05, 4.69) is 5.32 Å². The van der Waals surface area contributed by atoms with Crippen LogP contribution in [0.25, 0.3) is 0 Å². The molecule has 1 aromatic carbocycles. The number of nitrogens with zero attached hydrogens (tertiary/aromatic N) is 1. The summed E-state index contributed by atoms with van der Waals surface area (Å²) >= 11 is 0. The van der Waals surface area contributed by atoms with E-state index >= 15 is 0 Å². The zero-order valence-corrected chi connectivity index (χ0v) is 23.2. The molecule has 0 aromatic heterocycles. The van der Waals surface area contributed by atoms with E-state index < -0.39 is 47.0 Å². The minimum Gasteiger partial charge on any atom is -0.467 e. The number of hydrogen-bond acceptors (Lipinski definition) is 8. The van der Waals surface area contributed by atoms with Crippen molar-refractivity contribution in [2.24, 2.45) is 0 Å². The van der Waals surface area contributed by atoms with E-state index in [0.29, 0.717) is 10.5 Å². The van der Waals surface area contributed by atoms with E-state index in [1.807, 2.05) is 6.07 Å². The van der Waals surface area contributed by atoms with Crippen LogP contribution >= 0.6 is 0 Å². The lowest BCUT2D eigenvalue weighted by molar-refractivity contribution is -0.147. The molecule has 0 unspecified atom stereocenters. The van der Waals surface area contributed by atoms with Crippen molar-refractivity contribution in [1.29, 1.82) is 0 Å². The van der Waals surface area contributed by atoms with Crippen molar-refractivity contribution in [3.63, 3.8) is 0 Å². The van der Waals surface area contributed by atoms with Crippen LogP contribution in [0.3, 0.4) is 0 Å². The van der Waals surface area contributed by atoms with Gasteiger partial charge in [0.25, 0.3) is 0 Å². The fraction of sp³-hybridized carbons (Fsp3) is 0.556. The van der Waals surface area contributed by atoms with Crippen LogP contribution in [0.4, 0.5) is 14.4 Å². The molecule has 1 N–H and O–H groups in total. The Kier molecular flexibility index (Phi) is 11.2. The number of benzene rings is 1. The van der Waals surface area contributed by atoms with Crippen LogP contribution in [0.15, 0.2) is 42.5 Å². The Bertz CT molecular complexity index is 963. The van der Waals surface area contributed by atoms with Crippen molar-refractivity contribution in [2.45, 2.75) is 91.2 Å². The highest BCUT2D eigenvalue weighted by molar-refractivity contribution is 5.94. The van der Waals surface area contributed by atoms with Crippen LogP contribution in [0.5, 0.6) is 0 Å². The predicted octanol–water partition coefficient (Wildman–Crippen LogP) is 5.35. The van der Waals surface area contributed by atoms with Crippen LogP contribution in [0.1, 0.15) is 67.4 Å². The monoisotopic (exact) mass is 520 g/mol. The number of hydrogen-bond donors (Lipinski definition) is 1. The van der Waals surface area contributed by atoms with Gasteiger partial charge in [0.15, 0.2) is 0 Å². The van der Waals surface area contributed by atoms with E-state index in [0.717, 1.165) is 7.11 Å². The molecule has 0 aliphatic heterocycles. The van der Waals surface area contributed by atoms with Crippen molar-refractivity contribution < 1.29 is 38.1 Å². The lowest BCUT2D eigenvalue weighted by Gasteiger charge is -2.35. The summed E-state index contributed by atoms with van der Waals surface area (Å²) in [5.41, 5.74) is -2.29. The number of imide groups is 1. The maximum absolute atomic E-state index is 13.2. The molecule has 2 atom stereocenters. The number of rotatable bonds is 8. The molecule has 10 nitrogen and oxygen atoms in total. The second kappa shape index (κ2) is 13.1. The first-order valence-electron chi connectivity index (χ1n) is 12.0. The summed E-state index contributed by atoms with van der Waals surface area (Å²) in [6.07, 6.45) is 0.0946. The van der Waals surface area contributed by atoms with Gasteiger partial charge >= 0.3 is 24.2 Å². The van der Waals surface area contributed by atoms with E-state index in [1.165, 1.54) is 0 Å². The Labute approximate surface area is 219 Å². The third-order valence-corrected chi connectivity index (χ3v) is 4.72. The van der Waals surface area contributed by atoms with Crippen molar-refractivity contribution in [2.75, 3.05) is 7.11 Å². The Morgan fingerprint density at radius 1 is 0.919 bits per heavy atom. The van der Waals surface area contributed by atoms with Gasteiger partial charge in [0.2, 0.25) is 0 Å². The molecule has 0 heterocycles. The minimum atomic E-state index is -1.50. The van der Waals surface area contributed by atoms with Gasteiger partial charge in [-0.25, -0.2) is 19.2 Å². The molecule has 0 aliphatic rings. The summed E-state index contributed by atoms with van der Waals surface area (Å²) in [4.78, 5) is 52.5. The topological polar surface area (TPSA) is 120 Å². The number of ether oxygens (including phenoxy) is 4. The van der Waals surface area contributed by atoms with Gasteiger partial charge < -0.3 is 24.3 Å². The third-order valence-electron chi connectivity index (χ3n) is 4.72. The highest BCUT2D eigenvalue weighted by Crippen LogP contribution is 2.24. The second-order valence-electron chi connectivity index (χ2n) is 10.7. The van der Waals surface area contributed by atoms with E-state index in [4.69, 9.17) is 18.9 Å². The van der Waals surface area contributed by atoms with Crippen molar-refractivity contribution in [3.05, 3.63) is 48.0 Å². The molecule has 0 radical (unpaired) electrons. The summed E-state index contributed by atoms with van der Waals surface area (Å²) in [7, 11) is 1.13. The summed E-state index contributed by atoms with van der Waals surface area (Å²) in [6, 6.07) is 7.35. The Morgan fingerprint density at radius 2 is 1.49 bits per heavy atom. The quantitative estimate of drug-likeness (QED) is 0.277. The standard InChI is InChI=1S/C27H40N2O8/c1-10-16-27(8,28-22(31)36-25(2,3)4)17-20(21(30)34-9)29(24(33)37-26(5,6)7)23(32)35-18-19-14-12-11-13-15-19/h10-16,20H,17-18H2,1-9H3,(H,28,31)/b16-10+/t20-,27+/m0/s1. The highest BCUT2D eigenvalue weighted by atomic mass is 16.6. The van der Waals surface area contributed by atoms with Gasteiger partial charge in [-0.1, -0.05) is 42.5 Å². The molecule has 0 spiro atoms. The molecule has 0 saturated heterocycles. The van der Waals surface area contributed by atoms with Gasteiger partial charge in [-0.2, -0.15) is 4.90 Å². The molecule has 0 fully saturated rings. The van der Waals surface area contributed by atoms with E-state index in [1.54, 1.807) is 91.8 Å². The van der Waals surface area contributed by atoms with Gasteiger partial charge in [-0.05, 0) is 61.0 Å². The first kappa shape index (κ1) is 31.5. The van der Waals surface area contributed by atoms with Crippen LogP contribution in [-0.2, 0) is 30.3 Å². The van der Waals surface area contributed by atoms with Gasteiger partial charge in [0.05, 0.1) is 12.6 Å². The van der Waals surface area contributed by atoms with E-state index in [9.17, 15) is 19.2 Å². The number of esters is 1. The average molecular weight is 521 g/mol. The number of alkyl carbamates (subject to hydrolysis) is 1. The van der Waals surface area contributed by atoms with Crippen LogP contribution in [-0.4, -0.2) is 59.0 Å². The number of carbonyl (C=O) groups excluding carboxylic acids is 4. The normalized spacial score (nSPS) is 14.2. The molecule has 3 amide bonds. The summed E-state index contributed by atoms with van der Waals surface area (Å²) < 4.78 is 21.1. The molecule has 0 saturated carbocycles. The predicted molar refractivity (Wildman–Crippen MR) is 138 cm³/mol. The number of carbonyl (C=O) groups is 4. The maximum atomic E-state index is 13.2. The lowest BCUT2D eigenvalue weighted by Crippen LogP contribution is -2.56. The lowest BCUT2D eigenvalue weighted by atomic mass is 9.91. The molecule has 10 heteroatoms. The van der Waals surface area contributed by atoms with Gasteiger partial charge in [0, 0.05) is 6.42 Å². The van der Waals surface area contributed by atoms with Crippen molar-refractivity contribution in [1.82, 2.24) is 10.2 Å². The smallest absolute Gasteiger partial charge is 0.420 e. The van der Waals surface area contributed by atoms with Crippen LogP contribution in [0, 0.1) is 0 Å². The zero-order chi connectivity index (χ0) is 28.4. The Hall–Kier alpha value is -3.56. The largest absolute Gasteiger partial charge is 0.467 e. The average Bonchev–Trinajstić information content (AvgIpc) is 2.74. The number of methoxy groups -OCH3 is 1. The summed E-state index contributed by atoms with van der Waals surface area (Å²) in [6.45, 7) is 13.2. The number of allylic oxidation sites excluding steroid dienone is 1. The first-order chi connectivity index (χ1) is 17.0. The Balaban J connectivity index is 3.39. The fourth-order valence-corrected chi connectivity index (χ4v) is 3.31. The van der Waals surface area contributed by atoms with Crippen molar-refractivity contribution in [3.8, 4) is 0 Å². The molecular formula is C27H40N2O8. The molecule has 0 aliphatic carbocycles. The first-order valence-corrected chi connectivity index (χ1v) is 12.0.